The minimum atomic E-state index is -1.08. The van der Waals surface area contributed by atoms with Gasteiger partial charge < -0.3 is 20.5 Å². The van der Waals surface area contributed by atoms with Gasteiger partial charge in [-0.15, -0.1) is 0 Å². The first-order valence-electron chi connectivity index (χ1n) is 9.12. The fourth-order valence-electron chi connectivity index (χ4n) is 3.13. The summed E-state index contributed by atoms with van der Waals surface area (Å²) >= 11 is 0. The minimum absolute atomic E-state index is 0.258. The van der Waals surface area contributed by atoms with Crippen LogP contribution in [0.25, 0.3) is 0 Å². The highest BCUT2D eigenvalue weighted by atomic mass is 16.5. The molecule has 2 atom stereocenters. The third-order valence-corrected chi connectivity index (χ3v) is 4.66. The molecule has 0 radical (unpaired) electrons. The summed E-state index contributed by atoms with van der Waals surface area (Å²) in [5.74, 6) is -2.12. The van der Waals surface area contributed by atoms with E-state index in [2.05, 4.69) is 10.6 Å². The van der Waals surface area contributed by atoms with Crippen molar-refractivity contribution < 1.29 is 24.2 Å². The van der Waals surface area contributed by atoms with Crippen molar-refractivity contribution in [3.63, 3.8) is 0 Å². The first kappa shape index (κ1) is 19.6. The first-order chi connectivity index (χ1) is 13.5. The number of carboxylic acid groups (broad SMARTS) is 1. The number of carbonyl (C=O) groups is 3. The lowest BCUT2D eigenvalue weighted by Crippen LogP contribution is -2.48. The Morgan fingerprint density at radius 2 is 1.61 bits per heavy atom. The molecule has 2 amide bonds. The van der Waals surface area contributed by atoms with E-state index in [-0.39, 0.29) is 11.8 Å². The summed E-state index contributed by atoms with van der Waals surface area (Å²) < 4.78 is 5.33. The van der Waals surface area contributed by atoms with E-state index < -0.39 is 17.9 Å². The van der Waals surface area contributed by atoms with Crippen LogP contribution < -0.4 is 10.6 Å². The van der Waals surface area contributed by atoms with Crippen molar-refractivity contribution in [1.82, 2.24) is 5.32 Å². The molecule has 1 aliphatic heterocycles. The standard InChI is InChI=1S/C21H22N2O5/c24-19(22-17-6-2-1-3-7-17)14-8-10-15(11-9-14)20(25)23-18(21(26)27)16-5-4-12-28-13-16/h1-3,6-11,16,18H,4-5,12-13H2,(H,22,24)(H,23,25)(H,26,27). The average molecular weight is 382 g/mol. The van der Waals surface area contributed by atoms with Crippen molar-refractivity contribution in [1.29, 1.82) is 0 Å². The van der Waals surface area contributed by atoms with Crippen LogP contribution in [-0.4, -0.2) is 42.1 Å². The number of rotatable bonds is 6. The molecule has 0 bridgehead atoms. The normalized spacial score (nSPS) is 17.4. The number of hydrogen-bond donors (Lipinski definition) is 3. The van der Waals surface area contributed by atoms with Crippen LogP contribution in [0.4, 0.5) is 5.69 Å². The molecular formula is C21H22N2O5. The second-order valence-electron chi connectivity index (χ2n) is 6.66. The van der Waals surface area contributed by atoms with Gasteiger partial charge in [0.1, 0.15) is 6.04 Å². The van der Waals surface area contributed by atoms with Crippen molar-refractivity contribution >= 4 is 23.5 Å². The number of benzene rings is 2. The summed E-state index contributed by atoms with van der Waals surface area (Å²) in [7, 11) is 0. The molecule has 2 unspecified atom stereocenters. The number of amides is 2. The summed E-state index contributed by atoms with van der Waals surface area (Å²) in [4.78, 5) is 36.3. The highest BCUT2D eigenvalue weighted by Crippen LogP contribution is 2.18. The largest absolute Gasteiger partial charge is 0.480 e. The number of carboxylic acids is 1. The third-order valence-electron chi connectivity index (χ3n) is 4.66. The fraction of sp³-hybridized carbons (Fsp3) is 0.286. The van der Waals surface area contributed by atoms with E-state index in [1.165, 1.54) is 24.3 Å². The Hall–Kier alpha value is -3.19. The summed E-state index contributed by atoms with van der Waals surface area (Å²) in [6.07, 6.45) is 1.46. The van der Waals surface area contributed by atoms with Gasteiger partial charge in [-0.05, 0) is 49.2 Å². The molecule has 7 nitrogen and oxygen atoms in total. The second-order valence-corrected chi connectivity index (χ2v) is 6.66. The van der Waals surface area contributed by atoms with Crippen molar-refractivity contribution in [2.75, 3.05) is 18.5 Å². The molecule has 28 heavy (non-hydrogen) atoms. The molecule has 2 aromatic carbocycles. The number of aliphatic carboxylic acids is 1. The van der Waals surface area contributed by atoms with E-state index in [1.807, 2.05) is 18.2 Å². The Morgan fingerprint density at radius 1 is 0.964 bits per heavy atom. The second kappa shape index (κ2) is 9.14. The van der Waals surface area contributed by atoms with Crippen LogP contribution in [0.2, 0.25) is 0 Å². The molecule has 1 heterocycles. The lowest BCUT2D eigenvalue weighted by Gasteiger charge is -2.28. The third kappa shape index (κ3) is 4.95. The first-order valence-corrected chi connectivity index (χ1v) is 9.12. The van der Waals surface area contributed by atoms with Crippen LogP contribution in [0.5, 0.6) is 0 Å². The topological polar surface area (TPSA) is 105 Å². The maximum absolute atomic E-state index is 12.5. The van der Waals surface area contributed by atoms with Crippen molar-refractivity contribution in [2.45, 2.75) is 18.9 Å². The molecule has 0 spiro atoms. The molecule has 3 rings (SSSR count). The fourth-order valence-corrected chi connectivity index (χ4v) is 3.13. The van der Waals surface area contributed by atoms with Crippen LogP contribution in [0.1, 0.15) is 33.6 Å². The van der Waals surface area contributed by atoms with Gasteiger partial charge in [0.2, 0.25) is 0 Å². The molecule has 3 N–H and O–H groups in total. The van der Waals surface area contributed by atoms with Crippen molar-refractivity contribution in [3.8, 4) is 0 Å². The summed E-state index contributed by atoms with van der Waals surface area (Å²) in [6.45, 7) is 0.930. The number of hydrogen-bond acceptors (Lipinski definition) is 4. The molecule has 0 aromatic heterocycles. The van der Waals surface area contributed by atoms with Gasteiger partial charge in [-0.25, -0.2) is 4.79 Å². The van der Waals surface area contributed by atoms with E-state index >= 15 is 0 Å². The minimum Gasteiger partial charge on any atom is -0.480 e. The maximum atomic E-state index is 12.5. The predicted octanol–water partition coefficient (Wildman–Crippen LogP) is 2.55. The van der Waals surface area contributed by atoms with Gasteiger partial charge in [-0.3, -0.25) is 9.59 Å². The highest BCUT2D eigenvalue weighted by molar-refractivity contribution is 6.05. The average Bonchev–Trinajstić information content (AvgIpc) is 2.73. The Morgan fingerprint density at radius 3 is 2.18 bits per heavy atom. The molecule has 2 aromatic rings. The smallest absolute Gasteiger partial charge is 0.326 e. The zero-order chi connectivity index (χ0) is 19.9. The number of ether oxygens (including phenoxy) is 1. The van der Waals surface area contributed by atoms with Gasteiger partial charge in [0.05, 0.1) is 6.61 Å². The Kier molecular flexibility index (Phi) is 6.39. The Balaban J connectivity index is 1.64. The van der Waals surface area contributed by atoms with E-state index in [9.17, 15) is 19.5 Å². The van der Waals surface area contributed by atoms with Crippen LogP contribution in [0.15, 0.2) is 54.6 Å². The van der Waals surface area contributed by atoms with Gasteiger partial charge in [0, 0.05) is 29.3 Å². The van der Waals surface area contributed by atoms with Crippen LogP contribution in [0, 0.1) is 5.92 Å². The van der Waals surface area contributed by atoms with Gasteiger partial charge in [-0.1, -0.05) is 18.2 Å². The van der Waals surface area contributed by atoms with Gasteiger partial charge >= 0.3 is 5.97 Å². The van der Waals surface area contributed by atoms with Gasteiger partial charge in [0.25, 0.3) is 11.8 Å². The summed E-state index contributed by atoms with van der Waals surface area (Å²) in [5.41, 5.74) is 1.36. The lowest BCUT2D eigenvalue weighted by molar-refractivity contribution is -0.142. The molecule has 0 saturated carbocycles. The molecule has 1 aliphatic rings. The SMILES string of the molecule is O=C(Nc1ccccc1)c1ccc(C(=O)NC(C(=O)O)C2CCCOC2)cc1. The number of carbonyl (C=O) groups excluding carboxylic acids is 2. The van der Waals surface area contributed by atoms with Crippen molar-refractivity contribution in [2.24, 2.45) is 5.92 Å². The predicted molar refractivity (Wildman–Crippen MR) is 103 cm³/mol. The number of anilines is 1. The molecule has 146 valence electrons. The monoisotopic (exact) mass is 382 g/mol. The van der Waals surface area contributed by atoms with Crippen LogP contribution in [-0.2, 0) is 9.53 Å². The molecule has 1 fully saturated rings. The molecule has 1 saturated heterocycles. The summed E-state index contributed by atoms with van der Waals surface area (Å²) in [5, 5.41) is 14.8. The number of para-hydroxylation sites is 1. The number of nitrogens with one attached hydrogen (secondary N) is 2. The van der Waals surface area contributed by atoms with Crippen LogP contribution in [0.3, 0.4) is 0 Å². The Labute approximate surface area is 162 Å². The lowest BCUT2D eigenvalue weighted by atomic mass is 9.93. The van der Waals surface area contributed by atoms with E-state index in [1.54, 1.807) is 12.1 Å². The zero-order valence-corrected chi connectivity index (χ0v) is 15.3. The zero-order valence-electron chi connectivity index (χ0n) is 15.3. The highest BCUT2D eigenvalue weighted by Gasteiger charge is 2.31. The molecular weight excluding hydrogens is 360 g/mol. The van der Waals surface area contributed by atoms with Crippen LogP contribution >= 0.6 is 0 Å². The van der Waals surface area contributed by atoms with E-state index in [0.29, 0.717) is 36.4 Å². The van der Waals surface area contributed by atoms with Gasteiger partial charge in [0.15, 0.2) is 0 Å². The van der Waals surface area contributed by atoms with Gasteiger partial charge in [-0.2, -0.15) is 0 Å². The van der Waals surface area contributed by atoms with E-state index in [0.717, 1.165) is 6.42 Å². The Bertz CT molecular complexity index is 830. The molecule has 7 heteroatoms. The van der Waals surface area contributed by atoms with Crippen molar-refractivity contribution in [3.05, 3.63) is 65.7 Å². The quantitative estimate of drug-likeness (QED) is 0.712. The molecule has 0 aliphatic carbocycles. The maximum Gasteiger partial charge on any atom is 0.326 e. The summed E-state index contributed by atoms with van der Waals surface area (Å²) in [6, 6.07) is 14.1. The van der Waals surface area contributed by atoms with E-state index in [4.69, 9.17) is 4.74 Å².